The number of unbranched alkanes of at least 4 members (excludes halogenated alkanes) is 3. The van der Waals surface area contributed by atoms with Crippen molar-refractivity contribution in [1.82, 2.24) is 5.32 Å². The summed E-state index contributed by atoms with van der Waals surface area (Å²) in [6, 6.07) is 4.99. The number of benzene rings is 1. The first-order chi connectivity index (χ1) is 10.6. The molecule has 0 bridgehead atoms. The molecule has 122 valence electrons. The zero-order valence-corrected chi connectivity index (χ0v) is 14.6. The molecule has 1 rings (SSSR count). The van der Waals surface area contributed by atoms with Gasteiger partial charge in [0.15, 0.2) is 6.61 Å². The molecule has 0 aromatic heterocycles. The van der Waals surface area contributed by atoms with Crippen molar-refractivity contribution in [2.24, 2.45) is 0 Å². The highest BCUT2D eigenvalue weighted by Gasteiger charge is 2.14. The van der Waals surface area contributed by atoms with Gasteiger partial charge in [-0.3, -0.25) is 4.79 Å². The van der Waals surface area contributed by atoms with E-state index in [0.717, 1.165) is 25.7 Å². The molecule has 0 saturated carbocycles. The van der Waals surface area contributed by atoms with Crippen molar-refractivity contribution in [2.45, 2.75) is 32.6 Å². The molecule has 1 aromatic rings. The summed E-state index contributed by atoms with van der Waals surface area (Å²) in [7, 11) is 1.52. The zero-order chi connectivity index (χ0) is 16.4. The molecule has 6 heteroatoms. The van der Waals surface area contributed by atoms with Gasteiger partial charge in [-0.2, -0.15) is 0 Å². The van der Waals surface area contributed by atoms with Crippen LogP contribution in [0.1, 0.15) is 43.0 Å². The Morgan fingerprint density at radius 2 is 2.00 bits per heavy atom. The zero-order valence-electron chi connectivity index (χ0n) is 13.0. The molecule has 1 amide bonds. The van der Waals surface area contributed by atoms with E-state index in [-0.39, 0.29) is 12.5 Å². The fraction of sp³-hybridized carbons (Fsp3) is 0.500. The summed E-state index contributed by atoms with van der Waals surface area (Å²) < 4.78 is 10.7. The van der Waals surface area contributed by atoms with Gasteiger partial charge in [-0.05, 0) is 40.5 Å². The summed E-state index contributed by atoms with van der Waals surface area (Å²) >= 11 is 3.28. The van der Waals surface area contributed by atoms with Crippen molar-refractivity contribution in [3.8, 4) is 5.75 Å². The first-order valence-electron chi connectivity index (χ1n) is 7.35. The maximum absolute atomic E-state index is 12.0. The minimum absolute atomic E-state index is 0.281. The molecule has 0 spiro atoms. The molecule has 1 N–H and O–H groups in total. The topological polar surface area (TPSA) is 64.6 Å². The quantitative estimate of drug-likeness (QED) is 0.534. The Kier molecular flexibility index (Phi) is 8.58. The third kappa shape index (κ3) is 6.47. The average molecular weight is 372 g/mol. The highest BCUT2D eigenvalue weighted by molar-refractivity contribution is 9.10. The lowest BCUT2D eigenvalue weighted by Gasteiger charge is -2.08. The molecule has 0 aliphatic heterocycles. The highest BCUT2D eigenvalue weighted by Crippen LogP contribution is 2.23. The molecule has 22 heavy (non-hydrogen) atoms. The van der Waals surface area contributed by atoms with Crippen LogP contribution >= 0.6 is 15.9 Å². The molecule has 0 aliphatic carbocycles. The number of rotatable bonds is 9. The summed E-state index contributed by atoms with van der Waals surface area (Å²) in [5.74, 6) is -0.300. The van der Waals surface area contributed by atoms with Crippen LogP contribution in [0.4, 0.5) is 0 Å². The minimum Gasteiger partial charge on any atom is -0.497 e. The van der Waals surface area contributed by atoms with E-state index in [9.17, 15) is 9.59 Å². The molecular formula is C16H22BrNO4. The molecule has 0 saturated heterocycles. The van der Waals surface area contributed by atoms with Gasteiger partial charge >= 0.3 is 5.97 Å². The van der Waals surface area contributed by atoms with E-state index >= 15 is 0 Å². The standard InChI is InChI=1S/C16H22BrNO4/c1-3-4-5-6-9-18-15(19)11-22-16(20)13-10-12(21-2)7-8-14(13)17/h7-8,10H,3-6,9,11H2,1-2H3,(H,18,19). The number of methoxy groups -OCH3 is 1. The van der Waals surface area contributed by atoms with E-state index in [1.807, 2.05) is 0 Å². The maximum atomic E-state index is 12.0. The summed E-state index contributed by atoms with van der Waals surface area (Å²) in [5, 5.41) is 2.73. The first-order valence-corrected chi connectivity index (χ1v) is 8.15. The number of amides is 1. The Hall–Kier alpha value is -1.56. The van der Waals surface area contributed by atoms with Crippen LogP contribution in [0.3, 0.4) is 0 Å². The fourth-order valence-electron chi connectivity index (χ4n) is 1.83. The van der Waals surface area contributed by atoms with Crippen molar-refractivity contribution in [3.63, 3.8) is 0 Å². The van der Waals surface area contributed by atoms with Gasteiger partial charge in [-0.15, -0.1) is 0 Å². The Labute approximate surface area is 139 Å². The van der Waals surface area contributed by atoms with Crippen LogP contribution in [-0.4, -0.2) is 32.1 Å². The third-order valence-electron chi connectivity index (χ3n) is 3.08. The number of carbonyl (C=O) groups is 2. The van der Waals surface area contributed by atoms with E-state index < -0.39 is 5.97 Å². The van der Waals surface area contributed by atoms with Gasteiger partial charge in [0.1, 0.15) is 5.75 Å². The van der Waals surface area contributed by atoms with Gasteiger partial charge in [0.05, 0.1) is 12.7 Å². The Bertz CT molecular complexity index is 505. The Morgan fingerprint density at radius 3 is 2.68 bits per heavy atom. The second kappa shape index (κ2) is 10.2. The van der Waals surface area contributed by atoms with E-state index in [4.69, 9.17) is 9.47 Å². The lowest BCUT2D eigenvalue weighted by molar-refractivity contribution is -0.124. The van der Waals surface area contributed by atoms with Crippen molar-refractivity contribution in [2.75, 3.05) is 20.3 Å². The van der Waals surface area contributed by atoms with Gasteiger partial charge in [0.25, 0.3) is 5.91 Å². The lowest BCUT2D eigenvalue weighted by atomic mass is 10.2. The molecule has 0 radical (unpaired) electrons. The third-order valence-corrected chi connectivity index (χ3v) is 3.77. The Morgan fingerprint density at radius 1 is 1.23 bits per heavy atom. The van der Waals surface area contributed by atoms with Crippen molar-refractivity contribution in [1.29, 1.82) is 0 Å². The predicted octanol–water partition coefficient (Wildman–Crippen LogP) is 3.31. The van der Waals surface area contributed by atoms with Crippen LogP contribution in [0.15, 0.2) is 22.7 Å². The molecule has 0 unspecified atom stereocenters. The van der Waals surface area contributed by atoms with Gasteiger partial charge in [-0.1, -0.05) is 26.2 Å². The molecule has 0 fully saturated rings. The van der Waals surface area contributed by atoms with Gasteiger partial charge in [0, 0.05) is 11.0 Å². The number of carbonyl (C=O) groups excluding carboxylic acids is 2. The van der Waals surface area contributed by atoms with Crippen LogP contribution in [0.5, 0.6) is 5.75 Å². The first kappa shape index (κ1) is 18.5. The summed E-state index contributed by atoms with van der Waals surface area (Å²) in [5.41, 5.74) is 0.329. The number of halogens is 1. The minimum atomic E-state index is -0.563. The highest BCUT2D eigenvalue weighted by atomic mass is 79.9. The van der Waals surface area contributed by atoms with Gasteiger partial charge in [0.2, 0.25) is 0 Å². The van der Waals surface area contributed by atoms with Crippen molar-refractivity contribution in [3.05, 3.63) is 28.2 Å². The Balaban J connectivity index is 2.38. The van der Waals surface area contributed by atoms with Crippen LogP contribution in [0.25, 0.3) is 0 Å². The van der Waals surface area contributed by atoms with Crippen LogP contribution in [0.2, 0.25) is 0 Å². The second-order valence-electron chi connectivity index (χ2n) is 4.83. The molecule has 0 atom stereocenters. The van der Waals surface area contributed by atoms with Crippen LogP contribution in [-0.2, 0) is 9.53 Å². The molecule has 0 aliphatic rings. The normalized spacial score (nSPS) is 10.1. The number of esters is 1. The summed E-state index contributed by atoms with van der Waals surface area (Å²) in [6.07, 6.45) is 4.35. The number of ether oxygens (including phenoxy) is 2. The average Bonchev–Trinajstić information content (AvgIpc) is 2.53. The number of hydrogen-bond acceptors (Lipinski definition) is 4. The molecule has 1 aromatic carbocycles. The summed E-state index contributed by atoms with van der Waals surface area (Å²) in [6.45, 7) is 2.46. The lowest BCUT2D eigenvalue weighted by Crippen LogP contribution is -2.29. The van der Waals surface area contributed by atoms with Gasteiger partial charge in [-0.25, -0.2) is 4.79 Å². The molecule has 5 nitrogen and oxygen atoms in total. The van der Waals surface area contributed by atoms with Crippen molar-refractivity contribution < 1.29 is 19.1 Å². The maximum Gasteiger partial charge on any atom is 0.339 e. The van der Waals surface area contributed by atoms with E-state index in [1.54, 1.807) is 18.2 Å². The monoisotopic (exact) mass is 371 g/mol. The molecule has 0 heterocycles. The van der Waals surface area contributed by atoms with E-state index in [1.165, 1.54) is 7.11 Å². The van der Waals surface area contributed by atoms with Gasteiger partial charge < -0.3 is 14.8 Å². The largest absolute Gasteiger partial charge is 0.497 e. The second-order valence-corrected chi connectivity index (χ2v) is 5.69. The van der Waals surface area contributed by atoms with E-state index in [2.05, 4.69) is 28.2 Å². The number of nitrogens with one attached hydrogen (secondary N) is 1. The van der Waals surface area contributed by atoms with Crippen LogP contribution in [0, 0.1) is 0 Å². The fourth-order valence-corrected chi connectivity index (χ4v) is 2.24. The predicted molar refractivity (Wildman–Crippen MR) is 88.1 cm³/mol. The number of hydrogen-bond donors (Lipinski definition) is 1. The van der Waals surface area contributed by atoms with Crippen LogP contribution < -0.4 is 10.1 Å². The van der Waals surface area contributed by atoms with E-state index in [0.29, 0.717) is 22.3 Å². The summed E-state index contributed by atoms with van der Waals surface area (Å²) in [4.78, 5) is 23.6. The SMILES string of the molecule is CCCCCCNC(=O)COC(=O)c1cc(OC)ccc1Br. The smallest absolute Gasteiger partial charge is 0.339 e. The molecular weight excluding hydrogens is 350 g/mol. The van der Waals surface area contributed by atoms with Crippen molar-refractivity contribution >= 4 is 27.8 Å².